The molecule has 2 aromatic rings. The number of thiophene rings is 1. The van der Waals surface area contributed by atoms with E-state index in [9.17, 15) is 9.59 Å². The van der Waals surface area contributed by atoms with E-state index in [1.807, 2.05) is 29.2 Å². The van der Waals surface area contributed by atoms with Crippen molar-refractivity contribution in [1.82, 2.24) is 4.90 Å². The summed E-state index contributed by atoms with van der Waals surface area (Å²) in [7, 11) is 0. The molecular formula is C22H30N2O4S. The van der Waals surface area contributed by atoms with Gasteiger partial charge in [-0.15, -0.1) is 11.3 Å². The van der Waals surface area contributed by atoms with E-state index in [1.165, 1.54) is 11.3 Å². The summed E-state index contributed by atoms with van der Waals surface area (Å²) >= 11 is 1.40. The number of carbonyl (C=O) groups is 2. The Kier molecular flexibility index (Phi) is 7.50. The Hall–Kier alpha value is -2.12. The number of benzene rings is 1. The highest BCUT2D eigenvalue weighted by Crippen LogP contribution is 2.29. The van der Waals surface area contributed by atoms with Crippen LogP contribution in [0.15, 0.2) is 24.3 Å². The summed E-state index contributed by atoms with van der Waals surface area (Å²) in [6, 6.07) is 7.41. The van der Waals surface area contributed by atoms with Crippen LogP contribution in [0.1, 0.15) is 49.7 Å². The maximum Gasteiger partial charge on any atom is 0.348 e. The number of amides is 2. The SMILES string of the molecule is CCOC(=O)c1cc2cc(NC(=O)N3CCC(OCCC(C)C)CC3)ccc2s1. The monoisotopic (exact) mass is 418 g/mol. The number of carbonyl (C=O) groups excluding carboxylic acids is 2. The van der Waals surface area contributed by atoms with Gasteiger partial charge in [-0.2, -0.15) is 0 Å². The van der Waals surface area contributed by atoms with Crippen LogP contribution in [0.4, 0.5) is 10.5 Å². The van der Waals surface area contributed by atoms with Gasteiger partial charge in [0.15, 0.2) is 0 Å². The van der Waals surface area contributed by atoms with Gasteiger partial charge in [-0.1, -0.05) is 13.8 Å². The zero-order valence-corrected chi connectivity index (χ0v) is 18.2. The van der Waals surface area contributed by atoms with Crippen LogP contribution in [-0.2, 0) is 9.47 Å². The Bertz CT molecular complexity index is 840. The number of rotatable bonds is 7. The number of piperidine rings is 1. The van der Waals surface area contributed by atoms with Crippen molar-refractivity contribution in [2.45, 2.75) is 46.1 Å². The number of nitrogens with zero attached hydrogens (tertiary/aromatic N) is 1. The summed E-state index contributed by atoms with van der Waals surface area (Å²) in [5, 5.41) is 3.90. The van der Waals surface area contributed by atoms with Crippen LogP contribution in [0.3, 0.4) is 0 Å². The van der Waals surface area contributed by atoms with Crippen LogP contribution in [0.25, 0.3) is 10.1 Å². The molecule has 3 rings (SSSR count). The molecule has 1 N–H and O–H groups in total. The second-order valence-electron chi connectivity index (χ2n) is 7.75. The number of hydrogen-bond donors (Lipinski definition) is 1. The van der Waals surface area contributed by atoms with E-state index < -0.39 is 0 Å². The van der Waals surface area contributed by atoms with Crippen molar-refractivity contribution in [2.75, 3.05) is 31.6 Å². The summed E-state index contributed by atoms with van der Waals surface area (Å²) in [6.45, 7) is 8.73. The maximum atomic E-state index is 12.6. The largest absolute Gasteiger partial charge is 0.462 e. The number of likely N-dealkylation sites (tertiary alicyclic amines) is 1. The molecule has 7 heteroatoms. The zero-order valence-electron chi connectivity index (χ0n) is 17.4. The summed E-state index contributed by atoms with van der Waals surface area (Å²) in [6.07, 6.45) is 3.07. The first kappa shape index (κ1) is 21.6. The van der Waals surface area contributed by atoms with E-state index in [4.69, 9.17) is 9.47 Å². The summed E-state index contributed by atoms with van der Waals surface area (Å²) in [4.78, 5) is 26.9. The third-order valence-electron chi connectivity index (χ3n) is 5.02. The van der Waals surface area contributed by atoms with E-state index in [0.717, 1.165) is 41.6 Å². The van der Waals surface area contributed by atoms with Crippen LogP contribution in [0, 0.1) is 5.92 Å². The first-order chi connectivity index (χ1) is 14.0. The van der Waals surface area contributed by atoms with Gasteiger partial charge in [0.25, 0.3) is 0 Å². The Labute approximate surface area is 176 Å². The van der Waals surface area contributed by atoms with Gasteiger partial charge in [0.1, 0.15) is 4.88 Å². The number of fused-ring (bicyclic) bond motifs is 1. The predicted octanol–water partition coefficient (Wildman–Crippen LogP) is 5.14. The standard InChI is InChI=1S/C22H30N2O4S/c1-4-27-21(25)20-14-16-13-17(5-6-19(16)29-20)23-22(26)24-10-7-18(8-11-24)28-12-9-15(2)3/h5-6,13-15,18H,4,7-12H2,1-3H3,(H,23,26). The lowest BCUT2D eigenvalue weighted by Gasteiger charge is -2.32. The molecule has 0 bridgehead atoms. The zero-order chi connectivity index (χ0) is 20.8. The molecule has 0 spiro atoms. The van der Waals surface area contributed by atoms with Gasteiger partial charge in [-0.05, 0) is 61.8 Å². The molecule has 158 valence electrons. The molecule has 0 saturated carbocycles. The third-order valence-corrected chi connectivity index (χ3v) is 6.12. The Morgan fingerprint density at radius 1 is 1.24 bits per heavy atom. The molecule has 0 radical (unpaired) electrons. The van der Waals surface area contributed by atoms with E-state index in [-0.39, 0.29) is 18.1 Å². The second kappa shape index (κ2) is 10.1. The quantitative estimate of drug-likeness (QED) is 0.633. The molecular weight excluding hydrogens is 388 g/mol. The first-order valence-electron chi connectivity index (χ1n) is 10.3. The number of nitrogens with one attached hydrogen (secondary N) is 1. The van der Waals surface area contributed by atoms with Crippen molar-refractivity contribution in [3.63, 3.8) is 0 Å². The molecule has 1 aromatic carbocycles. The van der Waals surface area contributed by atoms with Gasteiger partial charge in [-0.3, -0.25) is 0 Å². The van der Waals surface area contributed by atoms with Crippen molar-refractivity contribution in [3.05, 3.63) is 29.1 Å². The fraction of sp³-hybridized carbons (Fsp3) is 0.545. The number of hydrogen-bond acceptors (Lipinski definition) is 5. The average Bonchev–Trinajstić information content (AvgIpc) is 3.12. The van der Waals surface area contributed by atoms with Crippen molar-refractivity contribution < 1.29 is 19.1 Å². The molecule has 1 fully saturated rings. The molecule has 0 aliphatic carbocycles. The highest BCUT2D eigenvalue weighted by molar-refractivity contribution is 7.20. The second-order valence-corrected chi connectivity index (χ2v) is 8.84. The van der Waals surface area contributed by atoms with Gasteiger partial charge in [0.2, 0.25) is 0 Å². The smallest absolute Gasteiger partial charge is 0.348 e. The average molecular weight is 419 g/mol. The molecule has 1 aliphatic rings. The van der Waals surface area contributed by atoms with Gasteiger partial charge < -0.3 is 19.7 Å². The Morgan fingerprint density at radius 2 is 2.00 bits per heavy atom. The summed E-state index contributed by atoms with van der Waals surface area (Å²) in [5.74, 6) is 0.340. The van der Waals surface area contributed by atoms with Crippen molar-refractivity contribution in [3.8, 4) is 0 Å². The van der Waals surface area contributed by atoms with E-state index in [0.29, 0.717) is 30.5 Å². The number of ether oxygens (including phenoxy) is 2. The van der Waals surface area contributed by atoms with Crippen molar-refractivity contribution in [2.24, 2.45) is 5.92 Å². The van der Waals surface area contributed by atoms with Crippen LogP contribution >= 0.6 is 11.3 Å². The van der Waals surface area contributed by atoms with Gasteiger partial charge >= 0.3 is 12.0 Å². The molecule has 0 atom stereocenters. The third kappa shape index (κ3) is 5.93. The van der Waals surface area contributed by atoms with Crippen molar-refractivity contribution in [1.29, 1.82) is 0 Å². The maximum absolute atomic E-state index is 12.6. The summed E-state index contributed by atoms with van der Waals surface area (Å²) < 4.78 is 12.0. The van der Waals surface area contributed by atoms with Crippen LogP contribution in [0.2, 0.25) is 0 Å². The Morgan fingerprint density at radius 3 is 2.69 bits per heavy atom. The number of urea groups is 1. The topological polar surface area (TPSA) is 67.9 Å². The van der Waals surface area contributed by atoms with Crippen LogP contribution < -0.4 is 5.32 Å². The lowest BCUT2D eigenvalue weighted by molar-refractivity contribution is 0.0112. The van der Waals surface area contributed by atoms with Crippen LogP contribution in [-0.4, -0.2) is 49.3 Å². The molecule has 6 nitrogen and oxygen atoms in total. The van der Waals surface area contributed by atoms with Crippen molar-refractivity contribution >= 4 is 39.1 Å². The lowest BCUT2D eigenvalue weighted by atomic mass is 10.1. The first-order valence-corrected chi connectivity index (χ1v) is 11.2. The Balaban J connectivity index is 1.53. The molecule has 29 heavy (non-hydrogen) atoms. The number of anilines is 1. The highest BCUT2D eigenvalue weighted by atomic mass is 32.1. The fourth-order valence-electron chi connectivity index (χ4n) is 3.32. The molecule has 1 aromatic heterocycles. The van der Waals surface area contributed by atoms with E-state index >= 15 is 0 Å². The molecule has 0 unspecified atom stereocenters. The molecule has 1 saturated heterocycles. The van der Waals surface area contributed by atoms with E-state index in [1.54, 1.807) is 6.92 Å². The normalized spacial score (nSPS) is 15.1. The van der Waals surface area contributed by atoms with Gasteiger partial charge in [0.05, 0.1) is 12.7 Å². The van der Waals surface area contributed by atoms with Crippen LogP contribution in [0.5, 0.6) is 0 Å². The molecule has 1 aliphatic heterocycles. The van der Waals surface area contributed by atoms with Gasteiger partial charge in [0, 0.05) is 30.1 Å². The van der Waals surface area contributed by atoms with E-state index in [2.05, 4.69) is 19.2 Å². The number of esters is 1. The fourth-order valence-corrected chi connectivity index (χ4v) is 4.26. The molecule has 2 amide bonds. The minimum atomic E-state index is -0.308. The highest BCUT2D eigenvalue weighted by Gasteiger charge is 2.23. The molecule has 2 heterocycles. The lowest BCUT2D eigenvalue weighted by Crippen LogP contribution is -2.43. The summed E-state index contributed by atoms with van der Waals surface area (Å²) in [5.41, 5.74) is 0.728. The van der Waals surface area contributed by atoms with Gasteiger partial charge in [-0.25, -0.2) is 9.59 Å². The predicted molar refractivity (Wildman–Crippen MR) is 117 cm³/mol. The minimum Gasteiger partial charge on any atom is -0.462 e. The minimum absolute atomic E-state index is 0.0918.